The van der Waals surface area contributed by atoms with E-state index in [2.05, 4.69) is 11.8 Å². The van der Waals surface area contributed by atoms with Gasteiger partial charge in [0.05, 0.1) is 0 Å². The molecule has 0 aromatic heterocycles. The molecule has 0 aromatic rings. The zero-order valence-corrected chi connectivity index (χ0v) is 8.13. The van der Waals surface area contributed by atoms with Crippen LogP contribution >= 0.6 is 0 Å². The Balaban J connectivity index is 2.05. The maximum absolute atomic E-state index is 8.64. The van der Waals surface area contributed by atoms with Crippen molar-refractivity contribution in [3.05, 3.63) is 0 Å². The van der Waals surface area contributed by atoms with Crippen LogP contribution in [0.5, 0.6) is 0 Å². The van der Waals surface area contributed by atoms with Crippen molar-refractivity contribution in [2.45, 2.75) is 45.1 Å². The van der Waals surface area contributed by atoms with Gasteiger partial charge in [0.15, 0.2) is 0 Å². The molecule has 0 amide bonds. The lowest BCUT2D eigenvalue weighted by atomic mass is 10.3. The molecule has 0 spiro atoms. The van der Waals surface area contributed by atoms with Crippen LogP contribution < -0.4 is 0 Å². The van der Waals surface area contributed by atoms with Crippen LogP contribution in [-0.2, 0) is 0 Å². The van der Waals surface area contributed by atoms with Crippen molar-refractivity contribution in [3.63, 3.8) is 0 Å². The van der Waals surface area contributed by atoms with Crippen molar-refractivity contribution in [1.29, 1.82) is 0 Å². The number of hydrogen-bond acceptors (Lipinski definition) is 2. The van der Waals surface area contributed by atoms with E-state index in [1.165, 1.54) is 32.4 Å². The molecule has 1 N–H and O–H groups in total. The van der Waals surface area contributed by atoms with Gasteiger partial charge in [-0.1, -0.05) is 6.92 Å². The predicted octanol–water partition coefficient (Wildman–Crippen LogP) is 1.63. The molecule has 0 heterocycles. The van der Waals surface area contributed by atoms with Crippen LogP contribution in [0.4, 0.5) is 0 Å². The van der Waals surface area contributed by atoms with Crippen molar-refractivity contribution in [2.75, 3.05) is 19.7 Å². The Morgan fingerprint density at radius 2 is 2.00 bits per heavy atom. The molecule has 0 unspecified atom stereocenters. The molecule has 2 nitrogen and oxygen atoms in total. The SMILES string of the molecule is CCCN(CCCCO)C1CC1. The summed E-state index contributed by atoms with van der Waals surface area (Å²) in [5.41, 5.74) is 0. The summed E-state index contributed by atoms with van der Waals surface area (Å²) in [7, 11) is 0. The normalized spacial score (nSPS) is 17.2. The van der Waals surface area contributed by atoms with Crippen molar-refractivity contribution in [2.24, 2.45) is 0 Å². The lowest BCUT2D eigenvalue weighted by Gasteiger charge is -2.20. The van der Waals surface area contributed by atoms with Crippen molar-refractivity contribution < 1.29 is 5.11 Å². The monoisotopic (exact) mass is 171 g/mol. The van der Waals surface area contributed by atoms with E-state index in [0.717, 1.165) is 18.9 Å². The maximum atomic E-state index is 8.64. The van der Waals surface area contributed by atoms with Crippen LogP contribution in [0.25, 0.3) is 0 Å². The molecule has 1 saturated carbocycles. The zero-order valence-electron chi connectivity index (χ0n) is 8.13. The molecule has 1 fully saturated rings. The van der Waals surface area contributed by atoms with E-state index < -0.39 is 0 Å². The summed E-state index contributed by atoms with van der Waals surface area (Å²) in [5.74, 6) is 0. The van der Waals surface area contributed by atoms with Crippen molar-refractivity contribution in [1.82, 2.24) is 4.90 Å². The molecule has 0 aliphatic heterocycles. The van der Waals surface area contributed by atoms with E-state index in [9.17, 15) is 0 Å². The first-order valence-corrected chi connectivity index (χ1v) is 5.23. The van der Waals surface area contributed by atoms with Crippen LogP contribution in [0.1, 0.15) is 39.0 Å². The minimum Gasteiger partial charge on any atom is -0.396 e. The van der Waals surface area contributed by atoms with Gasteiger partial charge in [0.2, 0.25) is 0 Å². The van der Waals surface area contributed by atoms with Gasteiger partial charge in [0, 0.05) is 12.6 Å². The molecule has 12 heavy (non-hydrogen) atoms. The first-order chi connectivity index (χ1) is 5.88. The number of aliphatic hydroxyl groups is 1. The predicted molar refractivity (Wildman–Crippen MR) is 51.2 cm³/mol. The third-order valence-electron chi connectivity index (χ3n) is 2.43. The summed E-state index contributed by atoms with van der Waals surface area (Å²) >= 11 is 0. The number of hydrogen-bond donors (Lipinski definition) is 1. The molecule has 0 radical (unpaired) electrons. The highest BCUT2D eigenvalue weighted by Crippen LogP contribution is 2.26. The summed E-state index contributed by atoms with van der Waals surface area (Å²) in [6, 6.07) is 0.892. The summed E-state index contributed by atoms with van der Waals surface area (Å²) in [6.45, 7) is 5.03. The smallest absolute Gasteiger partial charge is 0.0431 e. The van der Waals surface area contributed by atoms with Gasteiger partial charge >= 0.3 is 0 Å². The second kappa shape index (κ2) is 5.55. The second-order valence-corrected chi connectivity index (χ2v) is 3.70. The van der Waals surface area contributed by atoms with E-state index in [1.807, 2.05) is 0 Å². The van der Waals surface area contributed by atoms with E-state index in [-0.39, 0.29) is 0 Å². The summed E-state index contributed by atoms with van der Waals surface area (Å²) in [5, 5.41) is 8.64. The number of aliphatic hydroxyl groups excluding tert-OH is 1. The molecule has 1 aliphatic rings. The van der Waals surface area contributed by atoms with Crippen LogP contribution in [0.2, 0.25) is 0 Å². The highest BCUT2D eigenvalue weighted by molar-refractivity contribution is 4.83. The second-order valence-electron chi connectivity index (χ2n) is 3.70. The summed E-state index contributed by atoms with van der Waals surface area (Å²) in [4.78, 5) is 2.58. The Morgan fingerprint density at radius 1 is 1.25 bits per heavy atom. The molecular formula is C10H21NO. The summed E-state index contributed by atoms with van der Waals surface area (Å²) < 4.78 is 0. The molecule has 72 valence electrons. The molecule has 1 rings (SSSR count). The Labute approximate surface area is 75.6 Å². The van der Waals surface area contributed by atoms with E-state index in [0.29, 0.717) is 6.61 Å². The molecule has 0 aromatic carbocycles. The third kappa shape index (κ3) is 3.55. The average Bonchev–Trinajstić information content (AvgIpc) is 2.86. The largest absolute Gasteiger partial charge is 0.396 e. The Bertz CT molecular complexity index is 112. The Morgan fingerprint density at radius 3 is 2.50 bits per heavy atom. The van der Waals surface area contributed by atoms with E-state index >= 15 is 0 Å². The molecule has 0 atom stereocenters. The molecule has 0 bridgehead atoms. The van der Waals surface area contributed by atoms with Gasteiger partial charge in [-0.15, -0.1) is 0 Å². The van der Waals surface area contributed by atoms with Crippen LogP contribution in [0.3, 0.4) is 0 Å². The fourth-order valence-corrected chi connectivity index (χ4v) is 1.63. The third-order valence-corrected chi connectivity index (χ3v) is 2.43. The van der Waals surface area contributed by atoms with E-state index in [4.69, 9.17) is 5.11 Å². The van der Waals surface area contributed by atoms with Gasteiger partial charge in [-0.3, -0.25) is 0 Å². The minimum atomic E-state index is 0.352. The van der Waals surface area contributed by atoms with Gasteiger partial charge in [-0.05, 0) is 45.2 Å². The molecule has 1 aliphatic carbocycles. The molecule has 2 heteroatoms. The first kappa shape index (κ1) is 10.0. The zero-order chi connectivity index (χ0) is 8.81. The van der Waals surface area contributed by atoms with Gasteiger partial charge in [0.25, 0.3) is 0 Å². The standard InChI is InChI=1S/C10H21NO/c1-2-7-11(10-5-6-10)8-3-4-9-12/h10,12H,2-9H2,1H3. The quantitative estimate of drug-likeness (QED) is 0.589. The lowest BCUT2D eigenvalue weighted by Crippen LogP contribution is -2.28. The van der Waals surface area contributed by atoms with Gasteiger partial charge in [0.1, 0.15) is 0 Å². The average molecular weight is 171 g/mol. The molecule has 0 saturated heterocycles. The van der Waals surface area contributed by atoms with Crippen molar-refractivity contribution >= 4 is 0 Å². The van der Waals surface area contributed by atoms with Crippen LogP contribution in [0, 0.1) is 0 Å². The van der Waals surface area contributed by atoms with Crippen molar-refractivity contribution in [3.8, 4) is 0 Å². The highest BCUT2D eigenvalue weighted by Gasteiger charge is 2.27. The van der Waals surface area contributed by atoms with Crippen LogP contribution in [-0.4, -0.2) is 35.7 Å². The topological polar surface area (TPSA) is 23.5 Å². The van der Waals surface area contributed by atoms with E-state index in [1.54, 1.807) is 0 Å². The highest BCUT2D eigenvalue weighted by atomic mass is 16.2. The van der Waals surface area contributed by atoms with Gasteiger partial charge in [-0.25, -0.2) is 0 Å². The Kier molecular flexibility index (Phi) is 4.62. The minimum absolute atomic E-state index is 0.352. The number of rotatable bonds is 7. The lowest BCUT2D eigenvalue weighted by molar-refractivity contribution is 0.235. The van der Waals surface area contributed by atoms with Gasteiger partial charge < -0.3 is 10.0 Å². The van der Waals surface area contributed by atoms with Crippen LogP contribution in [0.15, 0.2) is 0 Å². The summed E-state index contributed by atoms with van der Waals surface area (Å²) in [6.07, 6.45) is 6.19. The first-order valence-electron chi connectivity index (χ1n) is 5.23. The van der Waals surface area contributed by atoms with Gasteiger partial charge in [-0.2, -0.15) is 0 Å². The maximum Gasteiger partial charge on any atom is 0.0431 e. The number of nitrogens with zero attached hydrogens (tertiary/aromatic N) is 1. The molecular weight excluding hydrogens is 150 g/mol. The number of unbranched alkanes of at least 4 members (excludes halogenated alkanes) is 1. The fraction of sp³-hybridized carbons (Fsp3) is 1.00. The Hall–Kier alpha value is -0.0800. The fourth-order valence-electron chi connectivity index (χ4n) is 1.63.